The maximum Gasteiger partial charge on any atom is 0.142 e. The Morgan fingerprint density at radius 1 is 1.30 bits per heavy atom. The van der Waals surface area contributed by atoms with Crippen molar-refractivity contribution in [1.29, 1.82) is 0 Å². The van der Waals surface area contributed by atoms with Crippen LogP contribution in [0, 0.1) is 11.3 Å². The molecule has 0 radical (unpaired) electrons. The number of nitrogens with zero attached hydrogens (tertiary/aromatic N) is 3. The van der Waals surface area contributed by atoms with Crippen molar-refractivity contribution in [2.45, 2.75) is 53.2 Å². The summed E-state index contributed by atoms with van der Waals surface area (Å²) >= 11 is 0. The fourth-order valence-corrected chi connectivity index (χ4v) is 2.84. The topological polar surface area (TPSA) is 41.0 Å². The van der Waals surface area contributed by atoms with E-state index in [1.165, 1.54) is 0 Å². The summed E-state index contributed by atoms with van der Waals surface area (Å²) < 4.78 is 0. The van der Waals surface area contributed by atoms with Crippen molar-refractivity contribution in [2.24, 2.45) is 11.3 Å². The molecule has 1 aromatic rings. The van der Waals surface area contributed by atoms with Gasteiger partial charge >= 0.3 is 0 Å². The zero-order valence-electron chi connectivity index (χ0n) is 13.4. The van der Waals surface area contributed by atoms with E-state index < -0.39 is 0 Å². The van der Waals surface area contributed by atoms with Crippen LogP contribution in [-0.4, -0.2) is 40.0 Å². The molecule has 2 unspecified atom stereocenters. The molecule has 1 aliphatic heterocycles. The minimum absolute atomic E-state index is 0.276. The molecule has 0 aliphatic carbocycles. The zero-order chi connectivity index (χ0) is 14.8. The Balaban J connectivity index is 2.11. The van der Waals surface area contributed by atoms with Gasteiger partial charge in [0.25, 0.3) is 0 Å². The van der Waals surface area contributed by atoms with Gasteiger partial charge in [0, 0.05) is 37.6 Å². The smallest absolute Gasteiger partial charge is 0.142 e. The predicted molar refractivity (Wildman–Crippen MR) is 82.3 cm³/mol. The van der Waals surface area contributed by atoms with E-state index in [2.05, 4.69) is 54.8 Å². The second-order valence-corrected chi connectivity index (χ2v) is 7.23. The van der Waals surface area contributed by atoms with Crippen molar-refractivity contribution in [1.82, 2.24) is 20.2 Å². The first kappa shape index (κ1) is 15.4. The fourth-order valence-electron chi connectivity index (χ4n) is 2.84. The Morgan fingerprint density at radius 2 is 1.95 bits per heavy atom. The molecule has 0 saturated carbocycles. The quantitative estimate of drug-likeness (QED) is 0.920. The summed E-state index contributed by atoms with van der Waals surface area (Å²) in [6.45, 7) is 14.5. The SMILES string of the molecule is CC(C)C1CNC(C(C)(C)C)CN1Cc1ncccn1. The first-order valence-corrected chi connectivity index (χ1v) is 7.61. The molecular formula is C16H28N4. The lowest BCUT2D eigenvalue weighted by Gasteiger charge is -2.46. The van der Waals surface area contributed by atoms with Gasteiger partial charge in [0.2, 0.25) is 0 Å². The highest BCUT2D eigenvalue weighted by atomic mass is 15.2. The molecule has 4 nitrogen and oxygen atoms in total. The van der Waals surface area contributed by atoms with Gasteiger partial charge in [-0.3, -0.25) is 4.90 Å². The van der Waals surface area contributed by atoms with Crippen LogP contribution < -0.4 is 5.32 Å². The first-order valence-electron chi connectivity index (χ1n) is 7.61. The minimum Gasteiger partial charge on any atom is -0.311 e. The van der Waals surface area contributed by atoms with Gasteiger partial charge in [-0.2, -0.15) is 0 Å². The van der Waals surface area contributed by atoms with Crippen LogP contribution in [0.2, 0.25) is 0 Å². The van der Waals surface area contributed by atoms with Crippen molar-refractivity contribution in [3.05, 3.63) is 24.3 Å². The first-order chi connectivity index (χ1) is 9.38. The van der Waals surface area contributed by atoms with Crippen molar-refractivity contribution in [2.75, 3.05) is 13.1 Å². The number of hydrogen-bond donors (Lipinski definition) is 1. The molecular weight excluding hydrogens is 248 g/mol. The molecule has 1 saturated heterocycles. The molecule has 0 amide bonds. The lowest BCUT2D eigenvalue weighted by atomic mass is 9.83. The molecule has 112 valence electrons. The predicted octanol–water partition coefficient (Wildman–Crippen LogP) is 2.32. The van der Waals surface area contributed by atoms with Crippen molar-refractivity contribution < 1.29 is 0 Å². The van der Waals surface area contributed by atoms with Gasteiger partial charge in [-0.25, -0.2) is 9.97 Å². The van der Waals surface area contributed by atoms with Crippen molar-refractivity contribution >= 4 is 0 Å². The molecule has 20 heavy (non-hydrogen) atoms. The van der Waals surface area contributed by atoms with E-state index >= 15 is 0 Å². The molecule has 2 rings (SSSR count). The van der Waals surface area contributed by atoms with E-state index in [1.807, 2.05) is 18.5 Å². The molecule has 1 N–H and O–H groups in total. The molecule has 2 heterocycles. The number of hydrogen-bond acceptors (Lipinski definition) is 4. The zero-order valence-corrected chi connectivity index (χ0v) is 13.4. The third kappa shape index (κ3) is 3.76. The summed E-state index contributed by atoms with van der Waals surface area (Å²) in [6.07, 6.45) is 3.66. The maximum absolute atomic E-state index is 4.38. The molecule has 1 aromatic heterocycles. The van der Waals surface area contributed by atoms with Gasteiger partial charge < -0.3 is 5.32 Å². The normalized spacial score (nSPS) is 25.1. The standard InChI is InChI=1S/C16H28N4/c1-12(2)13-9-19-14(16(3,4)5)10-20(13)11-15-17-7-6-8-18-15/h6-8,12-14,19H,9-11H2,1-5H3. The van der Waals surface area contributed by atoms with Crippen LogP contribution in [0.5, 0.6) is 0 Å². The average molecular weight is 276 g/mol. The van der Waals surface area contributed by atoms with E-state index in [0.29, 0.717) is 18.0 Å². The molecule has 0 aromatic carbocycles. The van der Waals surface area contributed by atoms with Gasteiger partial charge in [0.15, 0.2) is 0 Å². The number of aromatic nitrogens is 2. The van der Waals surface area contributed by atoms with E-state index in [1.54, 1.807) is 0 Å². The number of nitrogens with one attached hydrogen (secondary N) is 1. The summed E-state index contributed by atoms with van der Waals surface area (Å²) in [7, 11) is 0. The van der Waals surface area contributed by atoms with Crippen molar-refractivity contribution in [3.63, 3.8) is 0 Å². The van der Waals surface area contributed by atoms with Crippen LogP contribution in [0.15, 0.2) is 18.5 Å². The Labute approximate surface area is 123 Å². The second-order valence-electron chi connectivity index (χ2n) is 7.23. The van der Waals surface area contributed by atoms with E-state index in [4.69, 9.17) is 0 Å². The van der Waals surface area contributed by atoms with Gasteiger partial charge in [0.1, 0.15) is 5.82 Å². The summed E-state index contributed by atoms with van der Waals surface area (Å²) in [4.78, 5) is 11.3. The molecule has 2 atom stereocenters. The molecule has 0 spiro atoms. The van der Waals surface area contributed by atoms with Crippen LogP contribution in [-0.2, 0) is 6.54 Å². The van der Waals surface area contributed by atoms with Gasteiger partial charge in [-0.1, -0.05) is 34.6 Å². The number of piperazine rings is 1. The highest BCUT2D eigenvalue weighted by Crippen LogP contribution is 2.26. The van der Waals surface area contributed by atoms with Crippen LogP contribution in [0.3, 0.4) is 0 Å². The monoisotopic (exact) mass is 276 g/mol. The van der Waals surface area contributed by atoms with Gasteiger partial charge in [-0.05, 0) is 17.4 Å². The summed E-state index contributed by atoms with van der Waals surface area (Å²) in [5.74, 6) is 1.56. The number of rotatable bonds is 3. The van der Waals surface area contributed by atoms with Crippen LogP contribution in [0.4, 0.5) is 0 Å². The fraction of sp³-hybridized carbons (Fsp3) is 0.750. The van der Waals surface area contributed by atoms with Gasteiger partial charge in [0.05, 0.1) is 6.54 Å². The Kier molecular flexibility index (Phi) is 4.76. The van der Waals surface area contributed by atoms with E-state index in [9.17, 15) is 0 Å². The average Bonchev–Trinajstić information content (AvgIpc) is 2.38. The lowest BCUT2D eigenvalue weighted by molar-refractivity contribution is 0.0552. The molecule has 1 fully saturated rings. The van der Waals surface area contributed by atoms with E-state index in [-0.39, 0.29) is 5.41 Å². The third-order valence-corrected chi connectivity index (χ3v) is 4.24. The largest absolute Gasteiger partial charge is 0.311 e. The van der Waals surface area contributed by atoms with Crippen LogP contribution in [0.25, 0.3) is 0 Å². The summed E-state index contributed by atoms with van der Waals surface area (Å²) in [6, 6.07) is 2.94. The van der Waals surface area contributed by atoms with Crippen LogP contribution in [0.1, 0.15) is 40.4 Å². The van der Waals surface area contributed by atoms with Gasteiger partial charge in [-0.15, -0.1) is 0 Å². The molecule has 1 aliphatic rings. The Morgan fingerprint density at radius 3 is 2.50 bits per heavy atom. The highest BCUT2D eigenvalue weighted by molar-refractivity contribution is 4.96. The second kappa shape index (κ2) is 6.19. The third-order valence-electron chi connectivity index (χ3n) is 4.24. The lowest BCUT2D eigenvalue weighted by Crippen LogP contribution is -2.61. The van der Waals surface area contributed by atoms with E-state index in [0.717, 1.165) is 25.5 Å². The summed E-state index contributed by atoms with van der Waals surface area (Å²) in [5.41, 5.74) is 0.276. The molecule has 0 bridgehead atoms. The van der Waals surface area contributed by atoms with Crippen LogP contribution >= 0.6 is 0 Å². The molecule has 4 heteroatoms. The Bertz CT molecular complexity index is 410. The maximum atomic E-state index is 4.38. The Hall–Kier alpha value is -1.00. The van der Waals surface area contributed by atoms with Crippen molar-refractivity contribution in [3.8, 4) is 0 Å². The highest BCUT2D eigenvalue weighted by Gasteiger charge is 2.35. The summed E-state index contributed by atoms with van der Waals surface area (Å²) in [5, 5.41) is 3.72. The minimum atomic E-state index is 0.276.